The van der Waals surface area contributed by atoms with Gasteiger partial charge in [0.25, 0.3) is 0 Å². The molecule has 0 saturated carbocycles. The first-order chi connectivity index (χ1) is 12.8. The van der Waals surface area contributed by atoms with Crippen molar-refractivity contribution in [3.63, 3.8) is 0 Å². The Balaban J connectivity index is 1.92. The maximum absolute atomic E-state index is 8.96. The molecule has 3 rings (SSSR count). The third-order valence-electron chi connectivity index (χ3n) is 3.60. The number of hydrogen-bond donors (Lipinski definition) is 1. The van der Waals surface area contributed by atoms with Crippen molar-refractivity contribution in [2.45, 2.75) is 6.92 Å². The number of rotatable bonds is 4. The van der Waals surface area contributed by atoms with Gasteiger partial charge < -0.3 is 0 Å². The fourth-order valence-electron chi connectivity index (χ4n) is 2.16. The molecule has 2 aromatic carbocycles. The van der Waals surface area contributed by atoms with Crippen molar-refractivity contribution in [1.29, 1.82) is 5.26 Å². The van der Waals surface area contributed by atoms with Crippen molar-refractivity contribution < 1.29 is 0 Å². The standard InChI is InChI=1S/C20H16N6/c1-15-6-2-3-7-18(15)23-25-20(17-11-9-16(14-21)10-12-17)26-24-19-8-4-5-13-22-19/h2-13,23H,1H3/b25-20-,26-24?. The molecular weight excluding hydrogens is 324 g/mol. The smallest absolute Gasteiger partial charge is 0.201 e. The number of azo groups is 1. The van der Waals surface area contributed by atoms with Crippen LogP contribution in [0.15, 0.2) is 88.3 Å². The number of para-hydroxylation sites is 1. The molecule has 1 heterocycles. The second-order valence-corrected chi connectivity index (χ2v) is 5.44. The summed E-state index contributed by atoms with van der Waals surface area (Å²) in [6, 6.07) is 22.3. The third kappa shape index (κ3) is 4.36. The Hall–Kier alpha value is -3.85. The molecular formula is C20H16N6. The van der Waals surface area contributed by atoms with E-state index < -0.39 is 0 Å². The van der Waals surface area contributed by atoms with Gasteiger partial charge in [-0.05, 0) is 55.0 Å². The van der Waals surface area contributed by atoms with Crippen LogP contribution >= 0.6 is 0 Å². The van der Waals surface area contributed by atoms with Gasteiger partial charge in [0.1, 0.15) is 0 Å². The minimum absolute atomic E-state index is 0.392. The van der Waals surface area contributed by atoms with Crippen LogP contribution in [-0.2, 0) is 0 Å². The Morgan fingerprint density at radius 3 is 2.46 bits per heavy atom. The van der Waals surface area contributed by atoms with Crippen LogP contribution in [0.25, 0.3) is 0 Å². The van der Waals surface area contributed by atoms with Crippen molar-refractivity contribution in [2.75, 3.05) is 5.43 Å². The van der Waals surface area contributed by atoms with E-state index in [4.69, 9.17) is 5.26 Å². The maximum Gasteiger partial charge on any atom is 0.201 e. The lowest BCUT2D eigenvalue weighted by molar-refractivity contribution is 1.16. The first-order valence-corrected chi connectivity index (χ1v) is 7.99. The Bertz CT molecular complexity index is 969. The molecule has 0 aliphatic heterocycles. The van der Waals surface area contributed by atoms with Crippen LogP contribution in [0.1, 0.15) is 16.7 Å². The summed E-state index contributed by atoms with van der Waals surface area (Å²) in [5.74, 6) is 0.883. The molecule has 6 nitrogen and oxygen atoms in total. The summed E-state index contributed by atoms with van der Waals surface area (Å²) in [4.78, 5) is 4.13. The highest BCUT2D eigenvalue weighted by Crippen LogP contribution is 2.15. The van der Waals surface area contributed by atoms with E-state index >= 15 is 0 Å². The van der Waals surface area contributed by atoms with Crippen molar-refractivity contribution in [2.24, 2.45) is 15.3 Å². The van der Waals surface area contributed by atoms with E-state index in [2.05, 4.69) is 31.8 Å². The number of hydrazone groups is 1. The summed E-state index contributed by atoms with van der Waals surface area (Å²) < 4.78 is 0. The molecule has 0 radical (unpaired) electrons. The van der Waals surface area contributed by atoms with Gasteiger partial charge >= 0.3 is 0 Å². The Morgan fingerprint density at radius 1 is 1.00 bits per heavy atom. The number of anilines is 1. The molecule has 0 amide bonds. The van der Waals surface area contributed by atoms with E-state index in [1.165, 1.54) is 0 Å². The lowest BCUT2D eigenvalue weighted by Gasteiger charge is -2.06. The highest BCUT2D eigenvalue weighted by molar-refractivity contribution is 5.99. The van der Waals surface area contributed by atoms with Gasteiger partial charge in [0.15, 0.2) is 5.82 Å². The zero-order chi connectivity index (χ0) is 18.2. The number of amidine groups is 1. The predicted octanol–water partition coefficient (Wildman–Crippen LogP) is 4.82. The highest BCUT2D eigenvalue weighted by Gasteiger charge is 2.04. The zero-order valence-corrected chi connectivity index (χ0v) is 14.2. The monoisotopic (exact) mass is 340 g/mol. The molecule has 1 aromatic heterocycles. The van der Waals surface area contributed by atoms with Crippen LogP contribution in [0.2, 0.25) is 0 Å². The summed E-state index contributed by atoms with van der Waals surface area (Å²) in [5, 5.41) is 21.7. The molecule has 0 saturated heterocycles. The lowest BCUT2D eigenvalue weighted by Crippen LogP contribution is -2.02. The summed E-state index contributed by atoms with van der Waals surface area (Å²) in [6.45, 7) is 1.99. The number of aromatic nitrogens is 1. The third-order valence-corrected chi connectivity index (χ3v) is 3.60. The van der Waals surface area contributed by atoms with Crippen molar-refractivity contribution in [3.05, 3.63) is 89.6 Å². The largest absolute Gasteiger partial charge is 0.276 e. The van der Waals surface area contributed by atoms with Crippen LogP contribution in [0, 0.1) is 18.3 Å². The minimum atomic E-state index is 0.392. The van der Waals surface area contributed by atoms with Gasteiger partial charge in [0, 0.05) is 11.8 Å². The summed E-state index contributed by atoms with van der Waals surface area (Å²) >= 11 is 0. The summed E-state index contributed by atoms with van der Waals surface area (Å²) in [6.07, 6.45) is 1.65. The Morgan fingerprint density at radius 2 is 1.77 bits per heavy atom. The van der Waals surface area contributed by atoms with Crippen LogP contribution < -0.4 is 5.43 Å². The van der Waals surface area contributed by atoms with Crippen LogP contribution in [-0.4, -0.2) is 10.8 Å². The van der Waals surface area contributed by atoms with Gasteiger partial charge in [0.05, 0.1) is 17.3 Å². The number of hydrogen-bond acceptors (Lipinski definition) is 5. The molecule has 0 aliphatic carbocycles. The predicted molar refractivity (Wildman–Crippen MR) is 101 cm³/mol. The van der Waals surface area contributed by atoms with E-state index in [1.54, 1.807) is 36.5 Å². The zero-order valence-electron chi connectivity index (χ0n) is 14.2. The Kier molecular flexibility index (Phi) is 5.43. The normalized spacial score (nSPS) is 11.3. The fourth-order valence-corrected chi connectivity index (χ4v) is 2.16. The molecule has 6 heteroatoms. The molecule has 0 spiro atoms. The second-order valence-electron chi connectivity index (χ2n) is 5.44. The molecule has 3 aromatic rings. The van der Waals surface area contributed by atoms with Crippen LogP contribution in [0.3, 0.4) is 0 Å². The lowest BCUT2D eigenvalue weighted by atomic mass is 10.1. The van der Waals surface area contributed by atoms with E-state index in [9.17, 15) is 0 Å². The van der Waals surface area contributed by atoms with Gasteiger partial charge in [-0.3, -0.25) is 5.43 Å². The van der Waals surface area contributed by atoms with E-state index in [-0.39, 0.29) is 0 Å². The topological polar surface area (TPSA) is 85.8 Å². The Labute approximate surface area is 151 Å². The summed E-state index contributed by atoms with van der Waals surface area (Å²) in [5.41, 5.74) is 6.28. The SMILES string of the molecule is Cc1ccccc1N/N=C(\N=Nc1ccccn1)c1ccc(C#N)cc1. The van der Waals surface area contributed by atoms with E-state index in [0.717, 1.165) is 16.8 Å². The molecule has 0 bridgehead atoms. The van der Waals surface area contributed by atoms with Gasteiger partial charge in [-0.25, -0.2) is 4.98 Å². The highest BCUT2D eigenvalue weighted by atomic mass is 15.3. The average molecular weight is 340 g/mol. The molecule has 0 atom stereocenters. The van der Waals surface area contributed by atoms with E-state index in [1.807, 2.05) is 43.3 Å². The van der Waals surface area contributed by atoms with Crippen molar-refractivity contribution in [3.8, 4) is 6.07 Å². The van der Waals surface area contributed by atoms with Gasteiger partial charge in [-0.1, -0.05) is 24.3 Å². The van der Waals surface area contributed by atoms with Gasteiger partial charge in [0.2, 0.25) is 5.84 Å². The second kappa shape index (κ2) is 8.31. The average Bonchev–Trinajstić information content (AvgIpc) is 2.70. The fraction of sp³-hybridized carbons (Fsp3) is 0.0500. The first-order valence-electron chi connectivity index (χ1n) is 7.99. The molecule has 0 unspecified atom stereocenters. The van der Waals surface area contributed by atoms with Crippen LogP contribution in [0.4, 0.5) is 11.5 Å². The van der Waals surface area contributed by atoms with Gasteiger partial charge in [-0.2, -0.15) is 10.4 Å². The molecule has 0 fully saturated rings. The maximum atomic E-state index is 8.96. The van der Waals surface area contributed by atoms with Gasteiger partial charge in [-0.15, -0.1) is 10.2 Å². The van der Waals surface area contributed by atoms with Crippen molar-refractivity contribution in [1.82, 2.24) is 4.98 Å². The molecule has 26 heavy (non-hydrogen) atoms. The molecule has 126 valence electrons. The number of nitrogens with one attached hydrogen (secondary N) is 1. The quantitative estimate of drug-likeness (QED) is 0.320. The van der Waals surface area contributed by atoms with E-state index in [0.29, 0.717) is 17.2 Å². The number of nitrogens with zero attached hydrogens (tertiary/aromatic N) is 5. The molecule has 1 N–H and O–H groups in total. The number of nitriles is 1. The molecule has 0 aliphatic rings. The number of aryl methyl sites for hydroxylation is 1. The number of benzene rings is 2. The number of pyridine rings is 1. The van der Waals surface area contributed by atoms with Crippen LogP contribution in [0.5, 0.6) is 0 Å². The summed E-state index contributed by atoms with van der Waals surface area (Å²) in [7, 11) is 0. The van der Waals surface area contributed by atoms with Crippen molar-refractivity contribution >= 4 is 17.3 Å². The first kappa shape index (κ1) is 17.0. The minimum Gasteiger partial charge on any atom is -0.276 e.